The van der Waals surface area contributed by atoms with Crippen LogP contribution in [0.5, 0.6) is 17.2 Å². The molecule has 2 N–H and O–H groups in total. The van der Waals surface area contributed by atoms with Gasteiger partial charge in [0.25, 0.3) is 0 Å². The molecule has 0 bridgehead atoms. The Balaban J connectivity index is 1.22. The van der Waals surface area contributed by atoms with Crippen molar-refractivity contribution in [3.05, 3.63) is 78.4 Å². The van der Waals surface area contributed by atoms with Gasteiger partial charge in [0.2, 0.25) is 11.8 Å². The van der Waals surface area contributed by atoms with Crippen molar-refractivity contribution in [2.75, 3.05) is 19.5 Å². The normalized spacial score (nSPS) is 17.5. The number of allylic oxidation sites excluding steroid dienone is 1. The number of rotatable bonds is 8. The maximum absolute atomic E-state index is 13.1. The maximum Gasteiger partial charge on any atom is 0.240 e. The number of carbonyl (C=O) groups excluding carboxylic acids is 2. The molecule has 0 aliphatic heterocycles. The average Bonchev–Trinajstić information content (AvgIpc) is 3.73. The molecule has 2 amide bonds. The molecule has 1 fully saturated rings. The minimum atomic E-state index is -1.12. The summed E-state index contributed by atoms with van der Waals surface area (Å²) in [6, 6.07) is 10.9. The van der Waals surface area contributed by atoms with Gasteiger partial charge < -0.3 is 24.8 Å². The zero-order valence-corrected chi connectivity index (χ0v) is 20.4. The molecular weight excluding hydrogens is 477 g/mol. The summed E-state index contributed by atoms with van der Waals surface area (Å²) < 4.78 is 30.1. The van der Waals surface area contributed by atoms with Gasteiger partial charge in [-0.15, -0.1) is 0 Å². The Hall–Kier alpha value is -4.40. The molecular formula is C28H26FN3O5. The highest BCUT2D eigenvalue weighted by Gasteiger charge is 2.56. The minimum absolute atomic E-state index is 0.254. The number of pyridine rings is 1. The first-order valence-corrected chi connectivity index (χ1v) is 11.9. The first-order chi connectivity index (χ1) is 17.9. The van der Waals surface area contributed by atoms with Crippen LogP contribution in [0, 0.1) is 11.2 Å². The predicted octanol–water partition coefficient (Wildman–Crippen LogP) is 4.52. The van der Waals surface area contributed by atoms with Gasteiger partial charge in [0.05, 0.1) is 19.7 Å². The molecule has 1 saturated carbocycles. The SMILES string of the molecule is COc1cc2nccc(OC3C=CC(NC(=O)C4(C(=O)Nc5ccc(F)cc5)CC4)=CC3)c2cc1OC. The van der Waals surface area contributed by atoms with Gasteiger partial charge in [-0.1, -0.05) is 6.08 Å². The van der Waals surface area contributed by atoms with Crippen LogP contribution < -0.4 is 24.8 Å². The lowest BCUT2D eigenvalue weighted by Crippen LogP contribution is -2.39. The van der Waals surface area contributed by atoms with E-state index in [-0.39, 0.29) is 12.0 Å². The number of aromatic nitrogens is 1. The summed E-state index contributed by atoms with van der Waals surface area (Å²) in [6.45, 7) is 0. The first-order valence-electron chi connectivity index (χ1n) is 11.9. The van der Waals surface area contributed by atoms with E-state index in [1.165, 1.54) is 24.3 Å². The van der Waals surface area contributed by atoms with E-state index in [2.05, 4.69) is 15.6 Å². The molecule has 0 radical (unpaired) electrons. The van der Waals surface area contributed by atoms with Crippen LogP contribution in [0.1, 0.15) is 19.3 Å². The average molecular weight is 504 g/mol. The lowest BCUT2D eigenvalue weighted by Gasteiger charge is -2.21. The van der Waals surface area contributed by atoms with E-state index in [1.54, 1.807) is 38.6 Å². The van der Waals surface area contributed by atoms with Gasteiger partial charge in [0.1, 0.15) is 23.1 Å². The number of benzene rings is 2. The van der Waals surface area contributed by atoms with Crippen LogP contribution in [0.2, 0.25) is 0 Å². The fraction of sp³-hybridized carbons (Fsp3) is 0.250. The van der Waals surface area contributed by atoms with Crippen molar-refractivity contribution >= 4 is 28.4 Å². The summed E-state index contributed by atoms with van der Waals surface area (Å²) in [7, 11) is 3.14. The summed E-state index contributed by atoms with van der Waals surface area (Å²) in [5.74, 6) is 0.663. The number of ether oxygens (including phenoxy) is 3. The molecule has 3 aromatic rings. The number of methoxy groups -OCH3 is 2. The number of carbonyl (C=O) groups is 2. The number of hydrogen-bond donors (Lipinski definition) is 2. The third kappa shape index (κ3) is 4.97. The van der Waals surface area contributed by atoms with E-state index in [0.717, 1.165) is 5.39 Å². The maximum atomic E-state index is 13.1. The Morgan fingerprint density at radius 2 is 1.68 bits per heavy atom. The van der Waals surface area contributed by atoms with Crippen LogP contribution in [-0.2, 0) is 9.59 Å². The van der Waals surface area contributed by atoms with Crippen LogP contribution >= 0.6 is 0 Å². The molecule has 2 aromatic carbocycles. The summed E-state index contributed by atoms with van der Waals surface area (Å²) in [5, 5.41) is 6.36. The fourth-order valence-electron chi connectivity index (χ4n) is 4.21. The van der Waals surface area contributed by atoms with Gasteiger partial charge in [-0.2, -0.15) is 0 Å². The molecule has 2 aliphatic carbocycles. The van der Waals surface area contributed by atoms with Crippen LogP contribution in [-0.4, -0.2) is 37.1 Å². The molecule has 1 heterocycles. The van der Waals surface area contributed by atoms with E-state index in [9.17, 15) is 14.0 Å². The van der Waals surface area contributed by atoms with Crippen molar-refractivity contribution in [1.82, 2.24) is 10.3 Å². The largest absolute Gasteiger partial charge is 0.493 e. The third-order valence-electron chi connectivity index (χ3n) is 6.52. The van der Waals surface area contributed by atoms with Crippen LogP contribution in [0.3, 0.4) is 0 Å². The third-order valence-corrected chi connectivity index (χ3v) is 6.52. The Morgan fingerprint density at radius 1 is 0.973 bits per heavy atom. The molecule has 5 rings (SSSR count). The second-order valence-electron chi connectivity index (χ2n) is 8.94. The number of fused-ring (bicyclic) bond motifs is 1. The molecule has 190 valence electrons. The van der Waals surface area contributed by atoms with Gasteiger partial charge in [-0.05, 0) is 61.4 Å². The lowest BCUT2D eigenvalue weighted by atomic mass is 10.0. The van der Waals surface area contributed by atoms with Crippen LogP contribution in [0.4, 0.5) is 10.1 Å². The van der Waals surface area contributed by atoms with E-state index in [4.69, 9.17) is 14.2 Å². The first kappa shape index (κ1) is 24.3. The summed E-state index contributed by atoms with van der Waals surface area (Å²) in [5.41, 5.74) is 0.651. The van der Waals surface area contributed by atoms with Gasteiger partial charge in [-0.3, -0.25) is 14.6 Å². The Bertz CT molecular complexity index is 1410. The van der Waals surface area contributed by atoms with E-state index in [0.29, 0.717) is 53.4 Å². The zero-order valence-electron chi connectivity index (χ0n) is 20.4. The van der Waals surface area contributed by atoms with Crippen molar-refractivity contribution < 1.29 is 28.2 Å². The molecule has 1 atom stereocenters. The number of amides is 2. The predicted molar refractivity (Wildman–Crippen MR) is 136 cm³/mol. The van der Waals surface area contributed by atoms with Crippen molar-refractivity contribution in [1.29, 1.82) is 0 Å². The second-order valence-corrected chi connectivity index (χ2v) is 8.94. The Labute approximate surface area is 213 Å². The summed E-state index contributed by atoms with van der Waals surface area (Å²) >= 11 is 0. The van der Waals surface area contributed by atoms with E-state index < -0.39 is 17.1 Å². The Morgan fingerprint density at radius 3 is 2.32 bits per heavy atom. The van der Waals surface area contributed by atoms with E-state index >= 15 is 0 Å². The monoisotopic (exact) mass is 503 g/mol. The van der Waals surface area contributed by atoms with Crippen molar-refractivity contribution in [3.8, 4) is 17.2 Å². The molecule has 1 unspecified atom stereocenters. The highest BCUT2D eigenvalue weighted by atomic mass is 19.1. The molecule has 2 aliphatic rings. The number of anilines is 1. The quantitative estimate of drug-likeness (QED) is 0.439. The molecule has 8 nitrogen and oxygen atoms in total. The van der Waals surface area contributed by atoms with Crippen molar-refractivity contribution in [2.45, 2.75) is 25.4 Å². The molecule has 0 spiro atoms. The topological polar surface area (TPSA) is 98.8 Å². The number of nitrogens with one attached hydrogen (secondary N) is 2. The smallest absolute Gasteiger partial charge is 0.240 e. The van der Waals surface area contributed by atoms with Crippen LogP contribution in [0.15, 0.2) is 72.6 Å². The van der Waals surface area contributed by atoms with Gasteiger partial charge in [0, 0.05) is 35.5 Å². The highest BCUT2D eigenvalue weighted by Crippen LogP contribution is 2.47. The standard InChI is InChI=1S/C28H26FN3O5/c1-35-24-15-21-22(16-25(24)36-2)30-14-11-23(21)37-20-9-7-19(8-10-20)32-27(34)28(12-13-28)26(33)31-18-5-3-17(29)4-6-18/h3-9,11,14-16,20H,10,12-13H2,1-2H3,(H,31,33)(H,32,34). The van der Waals surface area contributed by atoms with Gasteiger partial charge >= 0.3 is 0 Å². The summed E-state index contributed by atoms with van der Waals surface area (Å²) in [6.07, 6.45) is 8.35. The minimum Gasteiger partial charge on any atom is -0.493 e. The highest BCUT2D eigenvalue weighted by molar-refractivity contribution is 6.13. The number of hydrogen-bond acceptors (Lipinski definition) is 6. The lowest BCUT2D eigenvalue weighted by molar-refractivity contribution is -0.133. The van der Waals surface area contributed by atoms with E-state index in [1.807, 2.05) is 18.2 Å². The zero-order chi connectivity index (χ0) is 26.0. The number of halogens is 1. The Kier molecular flexibility index (Phi) is 6.52. The number of nitrogens with zero attached hydrogens (tertiary/aromatic N) is 1. The molecule has 0 saturated heterocycles. The van der Waals surface area contributed by atoms with Crippen LogP contribution in [0.25, 0.3) is 10.9 Å². The molecule has 1 aromatic heterocycles. The molecule has 9 heteroatoms. The van der Waals surface area contributed by atoms with Crippen molar-refractivity contribution in [3.63, 3.8) is 0 Å². The summed E-state index contributed by atoms with van der Waals surface area (Å²) in [4.78, 5) is 30.1. The van der Waals surface area contributed by atoms with Gasteiger partial charge in [0.15, 0.2) is 11.5 Å². The molecule has 37 heavy (non-hydrogen) atoms. The van der Waals surface area contributed by atoms with Gasteiger partial charge in [-0.25, -0.2) is 4.39 Å². The fourth-order valence-corrected chi connectivity index (χ4v) is 4.21. The van der Waals surface area contributed by atoms with Crippen molar-refractivity contribution in [2.24, 2.45) is 5.41 Å². The second kappa shape index (κ2) is 9.93.